The quantitative estimate of drug-likeness (QED) is 0.0519. The number of rotatable bonds is 20. The third-order valence-corrected chi connectivity index (χ3v) is 7.67. The Labute approximate surface area is 341 Å². The van der Waals surface area contributed by atoms with Crippen molar-refractivity contribution in [3.63, 3.8) is 0 Å². The van der Waals surface area contributed by atoms with Crippen LogP contribution in [-0.4, -0.2) is 68.7 Å². The first kappa shape index (κ1) is 61.2. The molecule has 0 heterocycles. The summed E-state index contributed by atoms with van der Waals surface area (Å²) in [4.78, 5) is 67.5. The molecule has 0 aromatic heterocycles. The molecule has 0 aliphatic rings. The van der Waals surface area contributed by atoms with Gasteiger partial charge in [-0.1, -0.05) is 119 Å². The second kappa shape index (κ2) is 26.6. The predicted molar refractivity (Wildman–Crippen MR) is 211 cm³/mol. The van der Waals surface area contributed by atoms with Gasteiger partial charge in [-0.05, 0) is 27.1 Å². The van der Waals surface area contributed by atoms with Crippen LogP contribution in [0.4, 0.5) is 0 Å². The summed E-state index contributed by atoms with van der Waals surface area (Å²) in [6.45, 7) is 24.1. The molecule has 20 heteroatoms. The molecule has 340 valence electrons. The highest BCUT2D eigenvalue weighted by atomic mass is 31.2. The Bertz CT molecular complexity index is 1180. The van der Waals surface area contributed by atoms with Crippen LogP contribution in [0, 0.1) is 27.1 Å². The molecule has 0 atom stereocenters. The Morgan fingerprint density at radius 3 is 0.684 bits per heavy atom. The SMILES string of the molecule is C.C.CC(C)(C)CC(=O)OCOP(=O)(O)OCOC(=O)CC(C)(C)C.CC(C)(C)CC(=O)OCOP(=O)(OCOC(=O)CC(C)(C)C)OCOC(=O)CC(C)(C)C. The largest absolute Gasteiger partial charge is 0.483 e. The maximum Gasteiger partial charge on any atom is 0.483 e. The topological polar surface area (TPSA) is 232 Å². The van der Waals surface area contributed by atoms with Crippen molar-refractivity contribution in [2.75, 3.05) is 34.0 Å². The van der Waals surface area contributed by atoms with Gasteiger partial charge in [-0.3, -0.25) is 24.0 Å². The first-order chi connectivity index (χ1) is 24.5. The van der Waals surface area contributed by atoms with E-state index in [1.165, 1.54) is 0 Å². The monoisotopic (exact) mass is 868 g/mol. The van der Waals surface area contributed by atoms with Gasteiger partial charge in [0.15, 0.2) is 0 Å². The fourth-order valence-electron chi connectivity index (χ4n) is 3.36. The molecule has 0 rings (SSSR count). The van der Waals surface area contributed by atoms with Crippen LogP contribution in [0.3, 0.4) is 0 Å². The maximum atomic E-state index is 12.8. The lowest BCUT2D eigenvalue weighted by atomic mass is 9.92. The molecule has 0 saturated carbocycles. The fourth-order valence-corrected chi connectivity index (χ4v) is 4.57. The van der Waals surface area contributed by atoms with Crippen molar-refractivity contribution in [2.45, 2.75) is 151 Å². The van der Waals surface area contributed by atoms with Gasteiger partial charge in [0.2, 0.25) is 34.0 Å². The molecule has 0 aromatic carbocycles. The third-order valence-electron chi connectivity index (χ3n) is 5.54. The molecule has 0 aromatic rings. The van der Waals surface area contributed by atoms with Gasteiger partial charge in [0.1, 0.15) is 0 Å². The summed E-state index contributed by atoms with van der Waals surface area (Å²) in [7, 11) is -8.83. The van der Waals surface area contributed by atoms with E-state index in [0.717, 1.165) is 0 Å². The van der Waals surface area contributed by atoms with Gasteiger partial charge in [0.25, 0.3) is 0 Å². The van der Waals surface area contributed by atoms with E-state index in [9.17, 15) is 38.0 Å². The Balaban J connectivity index is -0.000000500. The zero-order valence-electron chi connectivity index (χ0n) is 35.4. The van der Waals surface area contributed by atoms with Gasteiger partial charge >= 0.3 is 45.5 Å². The first-order valence-corrected chi connectivity index (χ1v) is 20.4. The number of carbonyl (C=O) groups excluding carboxylic acids is 5. The van der Waals surface area contributed by atoms with Gasteiger partial charge in [0.05, 0.1) is 32.1 Å². The van der Waals surface area contributed by atoms with Crippen LogP contribution >= 0.6 is 15.6 Å². The first-order valence-electron chi connectivity index (χ1n) is 17.4. The number of phosphoric acid groups is 2. The van der Waals surface area contributed by atoms with Gasteiger partial charge in [-0.25, -0.2) is 31.7 Å². The van der Waals surface area contributed by atoms with E-state index >= 15 is 0 Å². The minimum Gasteiger partial charge on any atom is -0.438 e. The Hall–Kier alpha value is -2.43. The Kier molecular flexibility index (Phi) is 28.6. The summed E-state index contributed by atoms with van der Waals surface area (Å²) in [5.74, 6) is -2.84. The number of esters is 5. The number of ether oxygens (including phenoxy) is 5. The van der Waals surface area contributed by atoms with Gasteiger partial charge in [0, 0.05) is 0 Å². The van der Waals surface area contributed by atoms with Gasteiger partial charge in [-0.2, -0.15) is 0 Å². The molecule has 0 saturated heterocycles. The number of hydrogen-bond acceptors (Lipinski definition) is 17. The van der Waals surface area contributed by atoms with E-state index < -0.39 is 79.5 Å². The maximum absolute atomic E-state index is 12.8. The molecule has 0 spiro atoms. The summed E-state index contributed by atoms with van der Waals surface area (Å²) in [6, 6.07) is 0. The number of hydrogen-bond donors (Lipinski definition) is 1. The van der Waals surface area contributed by atoms with Crippen LogP contribution in [0.1, 0.15) is 151 Å². The zero-order valence-corrected chi connectivity index (χ0v) is 37.1. The minimum atomic E-state index is -4.46. The molecule has 0 amide bonds. The molecule has 0 unspecified atom stereocenters. The molecule has 57 heavy (non-hydrogen) atoms. The lowest BCUT2D eigenvalue weighted by molar-refractivity contribution is -0.160. The number of phosphoric ester groups is 2. The van der Waals surface area contributed by atoms with Crippen molar-refractivity contribution < 1.29 is 84.3 Å². The molecular weight excluding hydrogens is 794 g/mol. The molecule has 0 fully saturated rings. The third kappa shape index (κ3) is 43.0. The van der Waals surface area contributed by atoms with Crippen LogP contribution in [0.15, 0.2) is 0 Å². The van der Waals surface area contributed by atoms with E-state index in [1.54, 1.807) is 0 Å². The van der Waals surface area contributed by atoms with Crippen LogP contribution < -0.4 is 0 Å². The van der Waals surface area contributed by atoms with Crippen molar-refractivity contribution in [1.29, 1.82) is 0 Å². The normalized spacial score (nSPS) is 12.4. The van der Waals surface area contributed by atoms with Crippen LogP contribution in [-0.2, 0) is 79.4 Å². The van der Waals surface area contributed by atoms with Crippen LogP contribution in [0.5, 0.6) is 0 Å². The fraction of sp³-hybridized carbons (Fsp3) is 0.865. The average Bonchev–Trinajstić information content (AvgIpc) is 2.88. The second-order valence-corrected chi connectivity index (χ2v) is 21.5. The molecular formula is C37H74O18P2. The van der Waals surface area contributed by atoms with Gasteiger partial charge < -0.3 is 28.6 Å². The highest BCUT2D eigenvalue weighted by Gasteiger charge is 2.31. The van der Waals surface area contributed by atoms with Crippen molar-refractivity contribution in [3.05, 3.63) is 0 Å². The summed E-state index contributed by atoms with van der Waals surface area (Å²) in [6.07, 6.45) is 0.598. The second-order valence-electron chi connectivity index (χ2n) is 18.4. The van der Waals surface area contributed by atoms with E-state index in [0.29, 0.717) is 0 Å². The molecule has 0 aliphatic heterocycles. The molecule has 0 bridgehead atoms. The minimum absolute atomic E-state index is 0. The highest BCUT2D eigenvalue weighted by Crippen LogP contribution is 2.49. The Morgan fingerprint density at radius 1 is 0.368 bits per heavy atom. The smallest absolute Gasteiger partial charge is 0.438 e. The summed E-state index contributed by atoms with van der Waals surface area (Å²) in [5.41, 5.74) is -1.46. The molecule has 1 N–H and O–H groups in total. The Morgan fingerprint density at radius 2 is 0.526 bits per heavy atom. The molecule has 0 aliphatic carbocycles. The van der Waals surface area contributed by atoms with Crippen molar-refractivity contribution >= 4 is 45.5 Å². The average molecular weight is 869 g/mol. The summed E-state index contributed by atoms with van der Waals surface area (Å²) < 4.78 is 72.1. The lowest BCUT2D eigenvalue weighted by Crippen LogP contribution is -2.19. The van der Waals surface area contributed by atoms with E-state index in [4.69, 9.17) is 27.8 Å². The van der Waals surface area contributed by atoms with E-state index in [2.05, 4.69) is 18.5 Å². The number of carbonyl (C=O) groups is 5. The van der Waals surface area contributed by atoms with E-state index in [-0.39, 0.29) is 74.0 Å². The van der Waals surface area contributed by atoms with Crippen LogP contribution in [0.2, 0.25) is 0 Å². The zero-order chi connectivity index (χ0) is 43.5. The van der Waals surface area contributed by atoms with Crippen molar-refractivity contribution in [2.24, 2.45) is 27.1 Å². The summed E-state index contributed by atoms with van der Waals surface area (Å²) in [5, 5.41) is 0. The standard InChI is InChI=1S/C21H39O10P.C14H27O8P.2CH4/c1-19(2,3)10-16(22)26-13-29-32(25,30-14-27-17(23)11-20(4,5)6)31-15-28-18(24)12-21(7,8)9;1-13(2,3)7-11(15)19-9-21-23(17,18)22-10-20-12(16)8-14(4,5)6;;/h10-15H2,1-9H3;7-10H2,1-6H3,(H,17,18);2*1H4. The van der Waals surface area contributed by atoms with Crippen LogP contribution in [0.25, 0.3) is 0 Å². The lowest BCUT2D eigenvalue weighted by Gasteiger charge is -2.21. The molecule has 18 nitrogen and oxygen atoms in total. The highest BCUT2D eigenvalue weighted by molar-refractivity contribution is 7.48. The van der Waals surface area contributed by atoms with Gasteiger partial charge in [-0.15, -0.1) is 0 Å². The van der Waals surface area contributed by atoms with E-state index in [1.807, 2.05) is 104 Å². The molecule has 0 radical (unpaired) electrons. The van der Waals surface area contributed by atoms with Crippen molar-refractivity contribution in [1.82, 2.24) is 0 Å². The predicted octanol–water partition coefficient (Wildman–Crippen LogP) is 9.22. The summed E-state index contributed by atoms with van der Waals surface area (Å²) >= 11 is 0. The van der Waals surface area contributed by atoms with Crippen molar-refractivity contribution in [3.8, 4) is 0 Å².